The lowest BCUT2D eigenvalue weighted by atomic mass is 10.3. The normalized spacial score (nSPS) is 18.0. The van der Waals surface area contributed by atoms with Gasteiger partial charge in [-0.2, -0.15) is 0 Å². The van der Waals surface area contributed by atoms with Gasteiger partial charge in [-0.1, -0.05) is 6.07 Å². The summed E-state index contributed by atoms with van der Waals surface area (Å²) in [6.07, 6.45) is 2.80. The van der Waals surface area contributed by atoms with Crippen molar-refractivity contribution < 1.29 is 23.1 Å². The summed E-state index contributed by atoms with van der Waals surface area (Å²) < 4.78 is 27.0. The lowest BCUT2D eigenvalue weighted by Gasteiger charge is -2.14. The van der Waals surface area contributed by atoms with Crippen LogP contribution in [0.25, 0.3) is 0 Å². The molecule has 0 bridgehead atoms. The summed E-state index contributed by atoms with van der Waals surface area (Å²) in [6, 6.07) is 6.01. The number of nitrogens with one attached hydrogen (secondary N) is 2. The summed E-state index contributed by atoms with van der Waals surface area (Å²) >= 11 is 0. The molecule has 1 aromatic rings. The van der Waals surface area contributed by atoms with Gasteiger partial charge in [-0.15, -0.1) is 0 Å². The van der Waals surface area contributed by atoms with Crippen molar-refractivity contribution in [3.8, 4) is 0 Å². The number of imide groups is 1. The van der Waals surface area contributed by atoms with Gasteiger partial charge in [0.2, 0.25) is 10.0 Å². The van der Waals surface area contributed by atoms with E-state index in [1.165, 1.54) is 12.1 Å². The number of rotatable bonds is 7. The van der Waals surface area contributed by atoms with Gasteiger partial charge < -0.3 is 10.4 Å². The zero-order chi connectivity index (χ0) is 17.3. The van der Waals surface area contributed by atoms with Crippen molar-refractivity contribution in [2.24, 2.45) is 0 Å². The summed E-state index contributed by atoms with van der Waals surface area (Å²) in [5.74, 6) is -1.07. The van der Waals surface area contributed by atoms with Crippen LogP contribution >= 0.6 is 0 Å². The molecule has 2 amide bonds. The molecule has 2 aliphatic rings. The summed E-state index contributed by atoms with van der Waals surface area (Å²) in [4.78, 5) is 24.8. The zero-order valence-electron chi connectivity index (χ0n) is 12.7. The first kappa shape index (κ1) is 16.6. The minimum atomic E-state index is -3.60. The fraction of sp³-hybridized carbons (Fsp3) is 0.333. The van der Waals surface area contributed by atoms with E-state index >= 15 is 0 Å². The fourth-order valence-electron chi connectivity index (χ4n) is 2.30. The molecule has 3 rings (SSSR count). The molecule has 9 heteroatoms. The quantitative estimate of drug-likeness (QED) is 0.585. The van der Waals surface area contributed by atoms with Crippen molar-refractivity contribution in [1.82, 2.24) is 9.62 Å². The molecule has 1 aromatic carbocycles. The van der Waals surface area contributed by atoms with Gasteiger partial charge in [0.25, 0.3) is 11.8 Å². The maximum atomic E-state index is 12.2. The van der Waals surface area contributed by atoms with Crippen LogP contribution < -0.4 is 10.0 Å². The molecule has 128 valence electrons. The van der Waals surface area contributed by atoms with Gasteiger partial charge in [0, 0.05) is 17.8 Å². The number of anilines is 1. The van der Waals surface area contributed by atoms with Gasteiger partial charge in [0.15, 0.2) is 0 Å². The maximum Gasteiger partial charge on any atom is 0.277 e. The van der Waals surface area contributed by atoms with Gasteiger partial charge in [-0.05, 0) is 31.0 Å². The van der Waals surface area contributed by atoms with Gasteiger partial charge in [0.1, 0.15) is 5.70 Å². The maximum absolute atomic E-state index is 12.2. The molecule has 1 heterocycles. The zero-order valence-corrected chi connectivity index (χ0v) is 13.5. The van der Waals surface area contributed by atoms with Crippen molar-refractivity contribution in [3.63, 3.8) is 0 Å². The van der Waals surface area contributed by atoms with Gasteiger partial charge in [-0.3, -0.25) is 14.5 Å². The topological polar surface area (TPSA) is 116 Å². The third-order valence-corrected chi connectivity index (χ3v) is 5.17. The molecular formula is C15H17N3O5S. The first-order chi connectivity index (χ1) is 11.4. The van der Waals surface area contributed by atoms with Crippen LogP contribution in [0.3, 0.4) is 0 Å². The third kappa shape index (κ3) is 3.48. The van der Waals surface area contributed by atoms with Gasteiger partial charge >= 0.3 is 0 Å². The number of β-amino-alcohol motifs (C(OH)–C–C–N with tert-alkyl or cyclic N) is 1. The third-order valence-electron chi connectivity index (χ3n) is 3.66. The van der Waals surface area contributed by atoms with E-state index in [0.29, 0.717) is 5.69 Å². The highest BCUT2D eigenvalue weighted by molar-refractivity contribution is 7.89. The van der Waals surface area contributed by atoms with Crippen molar-refractivity contribution in [2.45, 2.75) is 23.8 Å². The Kier molecular flexibility index (Phi) is 4.39. The molecule has 0 aromatic heterocycles. The molecule has 1 aliphatic carbocycles. The van der Waals surface area contributed by atoms with E-state index in [1.807, 2.05) is 0 Å². The highest BCUT2D eigenvalue weighted by Crippen LogP contribution is 2.24. The fourth-order valence-corrected chi connectivity index (χ4v) is 3.65. The molecule has 0 unspecified atom stereocenters. The number of aliphatic hydroxyl groups is 1. The Bertz CT molecular complexity index is 814. The molecule has 0 atom stereocenters. The van der Waals surface area contributed by atoms with Crippen LogP contribution in [0.2, 0.25) is 0 Å². The van der Waals surface area contributed by atoms with Crippen molar-refractivity contribution in [2.75, 3.05) is 18.5 Å². The lowest BCUT2D eigenvalue weighted by Crippen LogP contribution is -2.34. The van der Waals surface area contributed by atoms with E-state index in [1.54, 1.807) is 12.1 Å². The highest BCUT2D eigenvalue weighted by Gasteiger charge is 2.31. The first-order valence-corrected chi connectivity index (χ1v) is 8.97. The largest absolute Gasteiger partial charge is 0.395 e. The summed E-state index contributed by atoms with van der Waals surface area (Å²) in [6.45, 7) is -0.405. The average molecular weight is 351 g/mol. The lowest BCUT2D eigenvalue weighted by molar-refractivity contribution is -0.137. The van der Waals surface area contributed by atoms with E-state index in [2.05, 4.69) is 10.0 Å². The van der Waals surface area contributed by atoms with E-state index < -0.39 is 21.8 Å². The standard InChI is InChI=1S/C15H17N3O5S/c19-7-6-18-14(20)9-13(15(18)21)16-11-2-1-3-12(8-11)24(22,23)17-10-4-5-10/h1-3,8-10,16-17,19H,4-7H2. The van der Waals surface area contributed by atoms with Crippen molar-refractivity contribution in [1.29, 1.82) is 0 Å². The molecule has 24 heavy (non-hydrogen) atoms. The molecule has 8 nitrogen and oxygen atoms in total. The van der Waals surface area contributed by atoms with Crippen molar-refractivity contribution in [3.05, 3.63) is 36.0 Å². The van der Waals surface area contributed by atoms with Crippen molar-refractivity contribution >= 4 is 27.5 Å². The van der Waals surface area contributed by atoms with E-state index in [-0.39, 0.29) is 29.8 Å². The number of sulfonamides is 1. The molecular weight excluding hydrogens is 334 g/mol. The van der Waals surface area contributed by atoms with E-state index in [0.717, 1.165) is 23.8 Å². The Morgan fingerprint density at radius 2 is 2.00 bits per heavy atom. The second kappa shape index (κ2) is 6.34. The Balaban J connectivity index is 1.77. The highest BCUT2D eigenvalue weighted by atomic mass is 32.2. The molecule has 1 fully saturated rings. The average Bonchev–Trinajstić information content (AvgIpc) is 3.30. The van der Waals surface area contributed by atoms with Crippen LogP contribution in [0.15, 0.2) is 40.9 Å². The number of carbonyl (C=O) groups is 2. The number of carbonyl (C=O) groups excluding carboxylic acids is 2. The van der Waals surface area contributed by atoms with E-state index in [9.17, 15) is 18.0 Å². The molecule has 0 saturated heterocycles. The molecule has 0 radical (unpaired) electrons. The SMILES string of the molecule is O=C1C=C(Nc2cccc(S(=O)(=O)NC3CC3)c2)C(=O)N1CCO. The van der Waals surface area contributed by atoms with E-state index in [4.69, 9.17) is 5.11 Å². The van der Waals surface area contributed by atoms with Crippen LogP contribution in [0.1, 0.15) is 12.8 Å². The Labute approximate surface area is 139 Å². The first-order valence-electron chi connectivity index (χ1n) is 7.48. The predicted octanol–water partition coefficient (Wildman–Crippen LogP) is -0.216. The number of aliphatic hydroxyl groups excluding tert-OH is 1. The van der Waals surface area contributed by atoms with Gasteiger partial charge in [-0.25, -0.2) is 13.1 Å². The summed E-state index contributed by atoms with van der Waals surface area (Å²) in [7, 11) is -3.60. The molecule has 0 spiro atoms. The van der Waals surface area contributed by atoms with Crippen LogP contribution in [-0.4, -0.2) is 49.4 Å². The molecule has 1 aliphatic heterocycles. The number of hydrogen-bond donors (Lipinski definition) is 3. The number of amides is 2. The van der Waals surface area contributed by atoms with Gasteiger partial charge in [0.05, 0.1) is 18.0 Å². The van der Waals surface area contributed by atoms with Crippen LogP contribution in [0.5, 0.6) is 0 Å². The second-order valence-corrected chi connectivity index (χ2v) is 7.34. The molecule has 3 N–H and O–H groups in total. The van der Waals surface area contributed by atoms with Crippen LogP contribution in [-0.2, 0) is 19.6 Å². The number of hydrogen-bond acceptors (Lipinski definition) is 6. The molecule has 1 saturated carbocycles. The minimum absolute atomic E-state index is 0.00426. The van der Waals surface area contributed by atoms with Crippen LogP contribution in [0.4, 0.5) is 5.69 Å². The second-order valence-electron chi connectivity index (χ2n) is 5.63. The Morgan fingerprint density at radius 1 is 1.25 bits per heavy atom. The number of benzene rings is 1. The summed E-state index contributed by atoms with van der Waals surface area (Å²) in [5, 5.41) is 11.6. The smallest absolute Gasteiger partial charge is 0.277 e. The van der Waals surface area contributed by atoms with Crippen LogP contribution in [0, 0.1) is 0 Å². The minimum Gasteiger partial charge on any atom is -0.395 e. The Morgan fingerprint density at radius 3 is 2.67 bits per heavy atom. The summed E-state index contributed by atoms with van der Waals surface area (Å²) in [5.41, 5.74) is 0.421. The monoisotopic (exact) mass is 351 g/mol. The Hall–Kier alpha value is -2.23. The number of nitrogens with zero attached hydrogens (tertiary/aromatic N) is 1. The predicted molar refractivity (Wildman–Crippen MR) is 85.3 cm³/mol.